The lowest BCUT2D eigenvalue weighted by molar-refractivity contribution is -0.149. The number of hydrogen-bond donors (Lipinski definition) is 1. The molecule has 2 fully saturated rings. The molecule has 2 aliphatic rings. The SMILES string of the molecule is Cn1cc(CC(=O)N2[C@@H]3CCCC[C@@H]3C[C@H]2C(=O)O)cn1. The van der Waals surface area contributed by atoms with Crippen LogP contribution >= 0.6 is 0 Å². The molecule has 6 heteroatoms. The lowest BCUT2D eigenvalue weighted by atomic mass is 9.84. The van der Waals surface area contributed by atoms with Gasteiger partial charge in [-0.1, -0.05) is 12.8 Å². The summed E-state index contributed by atoms with van der Waals surface area (Å²) in [6.45, 7) is 0. The Kier molecular flexibility index (Phi) is 3.69. The fourth-order valence-electron chi connectivity index (χ4n) is 3.87. The maximum Gasteiger partial charge on any atom is 0.326 e. The summed E-state index contributed by atoms with van der Waals surface area (Å²) in [6.07, 6.45) is 8.55. The zero-order valence-electron chi connectivity index (χ0n) is 12.2. The number of aliphatic carboxylic acids is 1. The number of rotatable bonds is 3. The fourth-order valence-corrected chi connectivity index (χ4v) is 3.87. The highest BCUT2D eigenvalue weighted by atomic mass is 16.4. The molecule has 3 atom stereocenters. The van der Waals surface area contributed by atoms with Gasteiger partial charge in [0, 0.05) is 19.3 Å². The summed E-state index contributed by atoms with van der Waals surface area (Å²) in [5.74, 6) is -0.591. The van der Waals surface area contributed by atoms with E-state index >= 15 is 0 Å². The van der Waals surface area contributed by atoms with Crippen LogP contribution in [0.25, 0.3) is 0 Å². The highest BCUT2D eigenvalue weighted by Gasteiger charge is 2.47. The summed E-state index contributed by atoms with van der Waals surface area (Å²) in [5.41, 5.74) is 0.839. The van der Waals surface area contributed by atoms with Gasteiger partial charge in [-0.2, -0.15) is 5.10 Å². The molecule has 1 aliphatic carbocycles. The number of fused-ring (bicyclic) bond motifs is 1. The number of hydrogen-bond acceptors (Lipinski definition) is 3. The number of aromatic nitrogens is 2. The number of likely N-dealkylation sites (tertiary alicyclic amines) is 1. The lowest BCUT2D eigenvalue weighted by Gasteiger charge is -2.33. The predicted molar refractivity (Wildman–Crippen MR) is 75.5 cm³/mol. The van der Waals surface area contributed by atoms with Gasteiger partial charge in [-0.3, -0.25) is 9.48 Å². The number of carbonyl (C=O) groups is 2. The quantitative estimate of drug-likeness (QED) is 0.908. The first-order chi connectivity index (χ1) is 10.1. The van der Waals surface area contributed by atoms with Crippen LogP contribution < -0.4 is 0 Å². The molecule has 3 rings (SSSR count). The van der Waals surface area contributed by atoms with E-state index < -0.39 is 12.0 Å². The van der Waals surface area contributed by atoms with Crippen molar-refractivity contribution in [2.45, 2.75) is 50.6 Å². The molecule has 6 nitrogen and oxygen atoms in total. The summed E-state index contributed by atoms with van der Waals surface area (Å²) in [7, 11) is 1.81. The molecule has 0 spiro atoms. The van der Waals surface area contributed by atoms with E-state index in [-0.39, 0.29) is 18.4 Å². The van der Waals surface area contributed by atoms with Crippen molar-refractivity contribution in [2.24, 2.45) is 13.0 Å². The van der Waals surface area contributed by atoms with Crippen LogP contribution in [0.5, 0.6) is 0 Å². The van der Waals surface area contributed by atoms with Crippen LogP contribution in [0.2, 0.25) is 0 Å². The lowest BCUT2D eigenvalue weighted by Crippen LogP contribution is -2.46. The normalized spacial score (nSPS) is 28.4. The van der Waals surface area contributed by atoms with Crippen LogP contribution in [0, 0.1) is 5.92 Å². The molecule has 1 saturated carbocycles. The van der Waals surface area contributed by atoms with Gasteiger partial charge >= 0.3 is 5.97 Å². The first-order valence-corrected chi connectivity index (χ1v) is 7.57. The molecular formula is C15H21N3O3. The molecule has 1 N–H and O–H groups in total. The topological polar surface area (TPSA) is 75.4 Å². The molecule has 1 amide bonds. The van der Waals surface area contributed by atoms with E-state index in [1.54, 1.807) is 22.8 Å². The fraction of sp³-hybridized carbons (Fsp3) is 0.667. The van der Waals surface area contributed by atoms with Crippen molar-refractivity contribution in [3.63, 3.8) is 0 Å². The number of carboxylic acid groups (broad SMARTS) is 1. The van der Waals surface area contributed by atoms with Crippen LogP contribution in [-0.4, -0.2) is 43.7 Å². The van der Waals surface area contributed by atoms with E-state index in [1.165, 1.54) is 0 Å². The van der Waals surface area contributed by atoms with Gasteiger partial charge in [0.1, 0.15) is 6.04 Å². The van der Waals surface area contributed by atoms with Gasteiger partial charge in [0.25, 0.3) is 0 Å². The second-order valence-corrected chi connectivity index (χ2v) is 6.20. The Balaban J connectivity index is 1.79. The van der Waals surface area contributed by atoms with Crippen molar-refractivity contribution in [1.29, 1.82) is 0 Å². The number of nitrogens with zero attached hydrogens (tertiary/aromatic N) is 3. The van der Waals surface area contributed by atoms with Gasteiger partial charge in [-0.05, 0) is 30.7 Å². The third-order valence-corrected chi connectivity index (χ3v) is 4.77. The molecule has 21 heavy (non-hydrogen) atoms. The molecule has 1 aromatic heterocycles. The monoisotopic (exact) mass is 291 g/mol. The molecule has 0 bridgehead atoms. The van der Waals surface area contributed by atoms with Crippen molar-refractivity contribution >= 4 is 11.9 Å². The highest BCUT2D eigenvalue weighted by molar-refractivity contribution is 5.86. The molecule has 1 saturated heterocycles. The van der Waals surface area contributed by atoms with Crippen molar-refractivity contribution in [3.05, 3.63) is 18.0 Å². The Morgan fingerprint density at radius 1 is 1.38 bits per heavy atom. The zero-order valence-corrected chi connectivity index (χ0v) is 12.2. The van der Waals surface area contributed by atoms with E-state index in [1.807, 2.05) is 6.20 Å². The average molecular weight is 291 g/mol. The summed E-state index contributed by atoms with van der Waals surface area (Å²) < 4.78 is 1.66. The molecule has 0 radical (unpaired) electrons. The number of carbonyl (C=O) groups excluding carboxylic acids is 1. The Bertz CT molecular complexity index is 554. The van der Waals surface area contributed by atoms with E-state index in [9.17, 15) is 14.7 Å². The van der Waals surface area contributed by atoms with Gasteiger partial charge in [0.05, 0.1) is 12.6 Å². The number of amides is 1. The summed E-state index contributed by atoms with van der Waals surface area (Å²) in [6, 6.07) is -0.536. The van der Waals surface area contributed by atoms with E-state index in [2.05, 4.69) is 5.10 Å². The van der Waals surface area contributed by atoms with Crippen LogP contribution in [0.15, 0.2) is 12.4 Å². The maximum absolute atomic E-state index is 12.6. The predicted octanol–water partition coefficient (Wildman–Crippen LogP) is 1.21. The van der Waals surface area contributed by atoms with E-state index in [4.69, 9.17) is 0 Å². The smallest absolute Gasteiger partial charge is 0.326 e. The van der Waals surface area contributed by atoms with Crippen molar-refractivity contribution in [2.75, 3.05) is 0 Å². The summed E-state index contributed by atoms with van der Waals surface area (Å²) in [5, 5.41) is 13.5. The molecule has 1 aromatic rings. The van der Waals surface area contributed by atoms with E-state index in [0.717, 1.165) is 31.2 Å². The highest BCUT2D eigenvalue weighted by Crippen LogP contribution is 2.40. The van der Waals surface area contributed by atoms with Crippen LogP contribution in [0.4, 0.5) is 0 Å². The molecule has 0 unspecified atom stereocenters. The number of carboxylic acids is 1. The summed E-state index contributed by atoms with van der Waals surface area (Å²) >= 11 is 0. The first-order valence-electron chi connectivity index (χ1n) is 7.57. The van der Waals surface area contributed by atoms with E-state index in [0.29, 0.717) is 12.3 Å². The third kappa shape index (κ3) is 2.66. The minimum absolute atomic E-state index is 0.0789. The largest absolute Gasteiger partial charge is 0.480 e. The van der Waals surface area contributed by atoms with Gasteiger partial charge in [-0.25, -0.2) is 4.79 Å². The van der Waals surface area contributed by atoms with Crippen LogP contribution in [0.3, 0.4) is 0 Å². The third-order valence-electron chi connectivity index (χ3n) is 4.77. The first kappa shape index (κ1) is 14.1. The Labute approximate surface area is 123 Å². The van der Waals surface area contributed by atoms with Gasteiger partial charge in [0.15, 0.2) is 0 Å². The Morgan fingerprint density at radius 3 is 2.81 bits per heavy atom. The van der Waals surface area contributed by atoms with Crippen molar-refractivity contribution in [1.82, 2.24) is 14.7 Å². The Morgan fingerprint density at radius 2 is 2.14 bits per heavy atom. The maximum atomic E-state index is 12.6. The minimum Gasteiger partial charge on any atom is -0.480 e. The van der Waals surface area contributed by atoms with Crippen LogP contribution in [-0.2, 0) is 23.1 Å². The second-order valence-electron chi connectivity index (χ2n) is 6.20. The van der Waals surface area contributed by atoms with Gasteiger partial charge in [-0.15, -0.1) is 0 Å². The summed E-state index contributed by atoms with van der Waals surface area (Å²) in [4.78, 5) is 25.8. The minimum atomic E-state index is -0.871. The standard InChI is InChI=1S/C15H21N3O3/c1-17-9-10(8-16-17)6-14(19)18-12-5-3-2-4-11(12)7-13(18)15(20)21/h8-9,11-13H,2-7H2,1H3,(H,20,21)/t11-,12-,13+/m1/s1. The molecule has 2 heterocycles. The van der Waals surface area contributed by atoms with Gasteiger partial charge in [0.2, 0.25) is 5.91 Å². The average Bonchev–Trinajstić information content (AvgIpc) is 3.02. The molecule has 114 valence electrons. The molecule has 0 aromatic carbocycles. The van der Waals surface area contributed by atoms with Crippen molar-refractivity contribution in [3.8, 4) is 0 Å². The van der Waals surface area contributed by atoms with Crippen molar-refractivity contribution < 1.29 is 14.7 Å². The Hall–Kier alpha value is -1.85. The molecular weight excluding hydrogens is 270 g/mol. The molecule has 1 aliphatic heterocycles. The van der Waals surface area contributed by atoms with Crippen LogP contribution in [0.1, 0.15) is 37.7 Å². The zero-order chi connectivity index (χ0) is 15.0. The van der Waals surface area contributed by atoms with Gasteiger partial charge < -0.3 is 10.0 Å². The number of aryl methyl sites for hydroxylation is 1. The second kappa shape index (κ2) is 5.50.